The number of aryl methyl sites for hydroxylation is 1. The molecule has 0 N–H and O–H groups in total. The SMILES string of the molecule is CCc1nc(Br)c(Br)c(Br)n1. The van der Waals surface area contributed by atoms with E-state index in [-0.39, 0.29) is 0 Å². The molecule has 0 atom stereocenters. The van der Waals surface area contributed by atoms with Crippen LogP contribution in [0.2, 0.25) is 0 Å². The summed E-state index contributed by atoms with van der Waals surface area (Å²) in [6, 6.07) is 0. The average Bonchev–Trinajstić information content (AvgIpc) is 1.99. The molecule has 0 amide bonds. The van der Waals surface area contributed by atoms with E-state index in [1.165, 1.54) is 0 Å². The van der Waals surface area contributed by atoms with Crippen LogP contribution in [0.1, 0.15) is 12.7 Å². The molecule has 0 aromatic carbocycles. The molecule has 11 heavy (non-hydrogen) atoms. The van der Waals surface area contributed by atoms with E-state index in [4.69, 9.17) is 0 Å². The van der Waals surface area contributed by atoms with E-state index in [1.54, 1.807) is 0 Å². The fourth-order valence-electron chi connectivity index (χ4n) is 0.593. The van der Waals surface area contributed by atoms with Crippen molar-refractivity contribution in [2.75, 3.05) is 0 Å². The maximum atomic E-state index is 4.18. The van der Waals surface area contributed by atoms with Gasteiger partial charge in [-0.15, -0.1) is 0 Å². The Morgan fingerprint density at radius 3 is 1.91 bits per heavy atom. The molecule has 60 valence electrons. The van der Waals surface area contributed by atoms with E-state index in [2.05, 4.69) is 57.8 Å². The van der Waals surface area contributed by atoms with E-state index >= 15 is 0 Å². The lowest BCUT2D eigenvalue weighted by atomic mass is 10.4. The molecular formula is C6H5Br3N2. The number of hydrogen-bond donors (Lipinski definition) is 0. The van der Waals surface area contributed by atoms with Crippen molar-refractivity contribution in [1.29, 1.82) is 0 Å². The molecule has 1 heterocycles. The van der Waals surface area contributed by atoms with Crippen LogP contribution in [0, 0.1) is 0 Å². The Bertz CT molecular complexity index is 252. The van der Waals surface area contributed by atoms with Crippen LogP contribution in [0.25, 0.3) is 0 Å². The van der Waals surface area contributed by atoms with Crippen LogP contribution in [0.3, 0.4) is 0 Å². The van der Waals surface area contributed by atoms with Gasteiger partial charge in [0.05, 0.1) is 4.47 Å². The van der Waals surface area contributed by atoms with Crippen LogP contribution < -0.4 is 0 Å². The van der Waals surface area contributed by atoms with Crippen molar-refractivity contribution in [3.05, 3.63) is 19.5 Å². The third-order valence-corrected chi connectivity index (χ3v) is 4.10. The first-order chi connectivity index (χ1) is 5.15. The van der Waals surface area contributed by atoms with Crippen LogP contribution in [0.4, 0.5) is 0 Å². The largest absolute Gasteiger partial charge is 0.225 e. The number of nitrogens with zero attached hydrogens (tertiary/aromatic N) is 2. The summed E-state index contributed by atoms with van der Waals surface area (Å²) in [5, 5.41) is 0. The lowest BCUT2D eigenvalue weighted by molar-refractivity contribution is 0.908. The fraction of sp³-hybridized carbons (Fsp3) is 0.333. The Balaban J connectivity index is 3.21. The monoisotopic (exact) mass is 342 g/mol. The standard InChI is InChI=1S/C6H5Br3N2/c1-2-3-10-5(8)4(7)6(9)11-3/h2H2,1H3. The Kier molecular flexibility index (Phi) is 3.46. The van der Waals surface area contributed by atoms with Gasteiger partial charge in [0.2, 0.25) is 0 Å². The summed E-state index contributed by atoms with van der Waals surface area (Å²) in [4.78, 5) is 8.36. The van der Waals surface area contributed by atoms with Gasteiger partial charge in [0.15, 0.2) is 0 Å². The average molecular weight is 345 g/mol. The second-order valence-corrected chi connectivity index (χ2v) is 4.18. The molecule has 5 heteroatoms. The number of rotatable bonds is 1. The second-order valence-electron chi connectivity index (χ2n) is 1.89. The first-order valence-electron chi connectivity index (χ1n) is 3.02. The lowest BCUT2D eigenvalue weighted by Gasteiger charge is -2.00. The molecular weight excluding hydrogens is 340 g/mol. The van der Waals surface area contributed by atoms with Gasteiger partial charge in [0.25, 0.3) is 0 Å². The van der Waals surface area contributed by atoms with E-state index in [0.29, 0.717) is 0 Å². The fourth-order valence-corrected chi connectivity index (χ4v) is 1.82. The maximum absolute atomic E-state index is 4.18. The van der Waals surface area contributed by atoms with Gasteiger partial charge < -0.3 is 0 Å². The lowest BCUT2D eigenvalue weighted by Crippen LogP contribution is -1.94. The summed E-state index contributed by atoms with van der Waals surface area (Å²) in [7, 11) is 0. The van der Waals surface area contributed by atoms with Crippen LogP contribution in [-0.4, -0.2) is 9.97 Å². The summed E-state index contributed by atoms with van der Waals surface area (Å²) in [6.45, 7) is 2.02. The molecule has 0 spiro atoms. The van der Waals surface area contributed by atoms with Gasteiger partial charge in [-0.05, 0) is 47.8 Å². The summed E-state index contributed by atoms with van der Waals surface area (Å²) in [5.41, 5.74) is 0. The molecule has 0 aliphatic heterocycles. The maximum Gasteiger partial charge on any atom is 0.130 e. The molecule has 0 aliphatic rings. The van der Waals surface area contributed by atoms with Gasteiger partial charge in [0.1, 0.15) is 15.0 Å². The molecule has 0 unspecified atom stereocenters. The van der Waals surface area contributed by atoms with Crippen molar-refractivity contribution in [3.63, 3.8) is 0 Å². The highest BCUT2D eigenvalue weighted by molar-refractivity contribution is 9.14. The summed E-state index contributed by atoms with van der Waals surface area (Å²) in [6.07, 6.45) is 0.838. The van der Waals surface area contributed by atoms with Crippen molar-refractivity contribution in [2.45, 2.75) is 13.3 Å². The third-order valence-electron chi connectivity index (χ3n) is 1.13. The number of halogens is 3. The molecule has 1 aromatic rings. The van der Waals surface area contributed by atoms with Gasteiger partial charge in [-0.2, -0.15) is 0 Å². The first kappa shape index (κ1) is 9.61. The van der Waals surface area contributed by atoms with E-state index in [9.17, 15) is 0 Å². The van der Waals surface area contributed by atoms with Crippen molar-refractivity contribution in [3.8, 4) is 0 Å². The molecule has 0 fully saturated rings. The van der Waals surface area contributed by atoms with Crippen LogP contribution in [0.15, 0.2) is 13.7 Å². The highest BCUT2D eigenvalue weighted by atomic mass is 79.9. The minimum absolute atomic E-state index is 0.788. The predicted octanol–water partition coefficient (Wildman–Crippen LogP) is 3.33. The number of aromatic nitrogens is 2. The quantitative estimate of drug-likeness (QED) is 0.730. The molecule has 2 nitrogen and oxygen atoms in total. The van der Waals surface area contributed by atoms with Gasteiger partial charge in [-0.25, -0.2) is 9.97 Å². The normalized spacial score (nSPS) is 10.2. The molecule has 1 rings (SSSR count). The van der Waals surface area contributed by atoms with E-state index < -0.39 is 0 Å². The van der Waals surface area contributed by atoms with Gasteiger partial charge in [-0.1, -0.05) is 6.92 Å². The highest BCUT2D eigenvalue weighted by Crippen LogP contribution is 2.27. The Hall–Kier alpha value is 0.520. The predicted molar refractivity (Wildman–Crippen MR) is 54.5 cm³/mol. The Morgan fingerprint density at radius 2 is 1.55 bits per heavy atom. The number of hydrogen-bond acceptors (Lipinski definition) is 2. The molecule has 0 radical (unpaired) electrons. The minimum atomic E-state index is 0.788. The summed E-state index contributed by atoms with van der Waals surface area (Å²) < 4.78 is 2.43. The van der Waals surface area contributed by atoms with Gasteiger partial charge in [-0.3, -0.25) is 0 Å². The smallest absolute Gasteiger partial charge is 0.130 e. The van der Waals surface area contributed by atoms with Crippen molar-refractivity contribution in [2.24, 2.45) is 0 Å². The van der Waals surface area contributed by atoms with Gasteiger partial charge >= 0.3 is 0 Å². The van der Waals surface area contributed by atoms with Crippen LogP contribution >= 0.6 is 47.8 Å². The third kappa shape index (κ3) is 2.23. The van der Waals surface area contributed by atoms with Crippen molar-refractivity contribution in [1.82, 2.24) is 9.97 Å². The highest BCUT2D eigenvalue weighted by Gasteiger charge is 2.05. The molecule has 1 aromatic heterocycles. The molecule has 0 saturated carbocycles. The van der Waals surface area contributed by atoms with Crippen molar-refractivity contribution < 1.29 is 0 Å². The van der Waals surface area contributed by atoms with E-state index in [1.807, 2.05) is 6.92 Å². The molecule has 0 bridgehead atoms. The zero-order valence-corrected chi connectivity index (χ0v) is 10.5. The first-order valence-corrected chi connectivity index (χ1v) is 5.40. The Morgan fingerprint density at radius 1 is 1.09 bits per heavy atom. The summed E-state index contributed by atoms with van der Waals surface area (Å²) in [5.74, 6) is 0.826. The van der Waals surface area contributed by atoms with Crippen molar-refractivity contribution >= 4 is 47.8 Å². The topological polar surface area (TPSA) is 25.8 Å². The van der Waals surface area contributed by atoms with Gasteiger partial charge in [0, 0.05) is 6.42 Å². The van der Waals surface area contributed by atoms with E-state index in [0.717, 1.165) is 25.9 Å². The summed E-state index contributed by atoms with van der Waals surface area (Å²) >= 11 is 9.94. The van der Waals surface area contributed by atoms with Crippen LogP contribution in [0.5, 0.6) is 0 Å². The second kappa shape index (κ2) is 3.96. The minimum Gasteiger partial charge on any atom is -0.225 e. The Labute approximate surface area is 90.2 Å². The zero-order chi connectivity index (χ0) is 8.43. The molecule has 0 aliphatic carbocycles. The molecule has 0 saturated heterocycles. The zero-order valence-electron chi connectivity index (χ0n) is 5.74. The van der Waals surface area contributed by atoms with Crippen LogP contribution in [-0.2, 0) is 6.42 Å².